The fourth-order valence-electron chi connectivity index (χ4n) is 4.05. The number of benzene rings is 3. The first-order valence-corrected chi connectivity index (χ1v) is 10.8. The maximum Gasteiger partial charge on any atom is 0.347 e. The molecular formula is C23H19Cl2N3O4. The number of halogens is 2. The molecule has 1 fully saturated rings. The van der Waals surface area contributed by atoms with E-state index in [1.807, 2.05) is 36.4 Å². The van der Waals surface area contributed by atoms with Crippen molar-refractivity contribution in [2.75, 3.05) is 13.2 Å². The molecule has 2 atom stereocenters. The fourth-order valence-corrected chi connectivity index (χ4v) is 4.51. The van der Waals surface area contributed by atoms with Crippen LogP contribution in [0.1, 0.15) is 17.2 Å². The maximum atomic E-state index is 12.8. The number of hydrogen-bond donors (Lipinski definition) is 1. The summed E-state index contributed by atoms with van der Waals surface area (Å²) in [5.74, 6) is 0.810. The normalized spacial score (nSPS) is 19.5. The van der Waals surface area contributed by atoms with Gasteiger partial charge in [-0.2, -0.15) is 5.06 Å². The van der Waals surface area contributed by atoms with Gasteiger partial charge in [0.2, 0.25) is 0 Å². The van der Waals surface area contributed by atoms with Gasteiger partial charge in [0.15, 0.2) is 0 Å². The van der Waals surface area contributed by atoms with Gasteiger partial charge in [0.25, 0.3) is 0 Å². The Kier molecular flexibility index (Phi) is 5.78. The Hall–Kier alpha value is -3.00. The van der Waals surface area contributed by atoms with E-state index < -0.39 is 6.03 Å². The number of rotatable bonds is 4. The number of hydroxylamine groups is 2. The van der Waals surface area contributed by atoms with Gasteiger partial charge in [-0.3, -0.25) is 10.2 Å². The Morgan fingerprint density at radius 3 is 2.94 bits per heavy atom. The van der Waals surface area contributed by atoms with E-state index in [0.717, 1.165) is 27.6 Å². The molecule has 32 heavy (non-hydrogen) atoms. The van der Waals surface area contributed by atoms with E-state index in [1.54, 1.807) is 18.2 Å². The second-order valence-corrected chi connectivity index (χ2v) is 8.37. The van der Waals surface area contributed by atoms with Crippen LogP contribution in [0.4, 0.5) is 4.79 Å². The van der Waals surface area contributed by atoms with Crippen molar-refractivity contribution in [3.8, 4) is 5.75 Å². The number of nitrogens with one attached hydrogen (secondary N) is 1. The minimum absolute atomic E-state index is 0.0410. The van der Waals surface area contributed by atoms with Gasteiger partial charge in [-0.15, -0.1) is 0 Å². The Morgan fingerprint density at radius 1 is 1.19 bits per heavy atom. The van der Waals surface area contributed by atoms with Gasteiger partial charge in [0, 0.05) is 27.1 Å². The summed E-state index contributed by atoms with van der Waals surface area (Å²) >= 11 is 12.0. The summed E-state index contributed by atoms with van der Waals surface area (Å²) in [5.41, 5.74) is 1.69. The van der Waals surface area contributed by atoms with Crippen molar-refractivity contribution in [3.63, 3.8) is 0 Å². The zero-order chi connectivity index (χ0) is 22.1. The Balaban J connectivity index is 1.28. The summed E-state index contributed by atoms with van der Waals surface area (Å²) in [4.78, 5) is 23.8. The molecule has 164 valence electrons. The minimum Gasteiger partial charge on any atom is -0.493 e. The van der Waals surface area contributed by atoms with Crippen molar-refractivity contribution >= 4 is 46.3 Å². The minimum atomic E-state index is -0.435. The number of oxime groups is 1. The SMILES string of the molecule is O=C(NC=NOCc1ccc(Cl)cc1Cl)N1OC[C@@H]2COc3ccc4ccccc4c3[C@@H]21. The third-order valence-corrected chi connectivity index (χ3v) is 6.14. The molecule has 0 saturated carbocycles. The second-order valence-electron chi connectivity index (χ2n) is 7.53. The van der Waals surface area contributed by atoms with Crippen molar-refractivity contribution in [1.82, 2.24) is 10.4 Å². The lowest BCUT2D eigenvalue weighted by Crippen LogP contribution is -2.40. The van der Waals surface area contributed by atoms with Crippen molar-refractivity contribution in [2.24, 2.45) is 11.1 Å². The molecule has 9 heteroatoms. The van der Waals surface area contributed by atoms with Crippen LogP contribution in [-0.4, -0.2) is 30.6 Å². The summed E-state index contributed by atoms with van der Waals surface area (Å²) in [5, 5.41) is 10.9. The predicted octanol–water partition coefficient (Wildman–Crippen LogP) is 5.31. The number of carbonyl (C=O) groups excluding carboxylic acids is 1. The van der Waals surface area contributed by atoms with Crippen LogP contribution in [0.5, 0.6) is 5.75 Å². The van der Waals surface area contributed by atoms with Gasteiger partial charge < -0.3 is 9.57 Å². The van der Waals surface area contributed by atoms with Crippen molar-refractivity contribution in [1.29, 1.82) is 0 Å². The molecule has 2 aliphatic rings. The molecular weight excluding hydrogens is 453 g/mol. The van der Waals surface area contributed by atoms with Gasteiger partial charge in [-0.05, 0) is 29.0 Å². The van der Waals surface area contributed by atoms with E-state index in [1.165, 1.54) is 11.4 Å². The number of hydrogen-bond acceptors (Lipinski definition) is 5. The molecule has 0 spiro atoms. The van der Waals surface area contributed by atoms with E-state index in [2.05, 4.69) is 10.5 Å². The summed E-state index contributed by atoms with van der Waals surface area (Å²) in [6.45, 7) is 1.02. The van der Waals surface area contributed by atoms with E-state index in [-0.39, 0.29) is 18.6 Å². The van der Waals surface area contributed by atoms with Gasteiger partial charge >= 0.3 is 6.03 Å². The van der Waals surface area contributed by atoms with Crippen molar-refractivity contribution < 1.29 is 19.2 Å². The molecule has 0 aliphatic carbocycles. The smallest absolute Gasteiger partial charge is 0.347 e. The van der Waals surface area contributed by atoms with Gasteiger partial charge in [-0.1, -0.05) is 64.8 Å². The fraction of sp³-hybridized carbons (Fsp3) is 0.217. The predicted molar refractivity (Wildman–Crippen MR) is 122 cm³/mol. The molecule has 5 rings (SSSR count). The zero-order valence-electron chi connectivity index (χ0n) is 16.8. The molecule has 0 aromatic heterocycles. The van der Waals surface area contributed by atoms with Crippen LogP contribution in [0, 0.1) is 5.92 Å². The number of nitrogens with zero attached hydrogens (tertiary/aromatic N) is 2. The molecule has 0 radical (unpaired) electrons. The monoisotopic (exact) mass is 471 g/mol. The highest BCUT2D eigenvalue weighted by atomic mass is 35.5. The summed E-state index contributed by atoms with van der Waals surface area (Å²) in [6, 6.07) is 16.4. The Morgan fingerprint density at radius 2 is 2.06 bits per heavy atom. The van der Waals surface area contributed by atoms with Crippen LogP contribution in [0.15, 0.2) is 59.8 Å². The first-order chi connectivity index (χ1) is 15.6. The lowest BCUT2D eigenvalue weighted by atomic mass is 9.88. The van der Waals surface area contributed by atoms with E-state index in [0.29, 0.717) is 23.3 Å². The number of ether oxygens (including phenoxy) is 1. The number of amides is 2. The van der Waals surface area contributed by atoms with Crippen LogP contribution in [0.2, 0.25) is 10.0 Å². The molecule has 3 aromatic carbocycles. The molecule has 3 aromatic rings. The molecule has 7 nitrogen and oxygen atoms in total. The molecule has 2 aliphatic heterocycles. The quantitative estimate of drug-likeness (QED) is 0.317. The molecule has 0 unspecified atom stereocenters. The molecule has 0 bridgehead atoms. The molecule has 2 heterocycles. The Labute approximate surface area is 194 Å². The van der Waals surface area contributed by atoms with Crippen molar-refractivity contribution in [2.45, 2.75) is 12.6 Å². The van der Waals surface area contributed by atoms with Gasteiger partial charge in [0.05, 0.1) is 19.3 Å². The van der Waals surface area contributed by atoms with Gasteiger partial charge in [-0.25, -0.2) is 4.79 Å². The van der Waals surface area contributed by atoms with Crippen LogP contribution in [-0.2, 0) is 16.3 Å². The zero-order valence-corrected chi connectivity index (χ0v) is 18.3. The number of carbonyl (C=O) groups is 1. The standard InChI is InChI=1S/C23H19Cl2N3O4/c24-17-7-5-15(19(25)9-17)11-31-27-13-26-23(29)28-22-16(12-32-28)10-30-20-8-6-14-3-1-2-4-18(14)21(20)22/h1-9,13,16,22H,10-12H2,(H,26,27,29)/t16-,22+/m0/s1. The third kappa shape index (κ3) is 3.95. The first kappa shape index (κ1) is 20.9. The highest BCUT2D eigenvalue weighted by Gasteiger charge is 2.45. The Bertz CT molecular complexity index is 1200. The average Bonchev–Trinajstić information content (AvgIpc) is 3.24. The van der Waals surface area contributed by atoms with Crippen LogP contribution >= 0.6 is 23.2 Å². The lowest BCUT2D eigenvalue weighted by molar-refractivity contribution is -0.0862. The van der Waals surface area contributed by atoms with E-state index in [4.69, 9.17) is 37.6 Å². The van der Waals surface area contributed by atoms with Crippen LogP contribution in [0.3, 0.4) is 0 Å². The average molecular weight is 472 g/mol. The van der Waals surface area contributed by atoms with E-state index >= 15 is 0 Å². The first-order valence-electron chi connectivity index (χ1n) is 10.1. The van der Waals surface area contributed by atoms with Crippen LogP contribution in [0.25, 0.3) is 10.8 Å². The number of urea groups is 1. The summed E-state index contributed by atoms with van der Waals surface area (Å²) < 4.78 is 5.94. The van der Waals surface area contributed by atoms with Crippen molar-refractivity contribution in [3.05, 3.63) is 75.8 Å². The highest BCUT2D eigenvalue weighted by molar-refractivity contribution is 6.35. The highest BCUT2D eigenvalue weighted by Crippen LogP contribution is 2.46. The lowest BCUT2D eigenvalue weighted by Gasteiger charge is -2.32. The second kappa shape index (κ2) is 8.86. The van der Waals surface area contributed by atoms with Gasteiger partial charge in [0.1, 0.15) is 18.7 Å². The van der Waals surface area contributed by atoms with Crippen LogP contribution < -0.4 is 10.1 Å². The number of fused-ring (bicyclic) bond motifs is 5. The molecule has 1 N–H and O–H groups in total. The maximum absolute atomic E-state index is 12.8. The molecule has 1 saturated heterocycles. The summed E-state index contributed by atoms with van der Waals surface area (Å²) in [6.07, 6.45) is 1.19. The largest absolute Gasteiger partial charge is 0.493 e. The third-order valence-electron chi connectivity index (χ3n) is 5.56. The van der Waals surface area contributed by atoms with E-state index in [9.17, 15) is 4.79 Å². The topological polar surface area (TPSA) is 72.4 Å². The summed E-state index contributed by atoms with van der Waals surface area (Å²) in [7, 11) is 0. The molecule has 2 amide bonds.